The number of carbonyl (C=O) groups excluding carboxylic acids is 2. The summed E-state index contributed by atoms with van der Waals surface area (Å²) in [6, 6.07) is 5.66. The van der Waals surface area contributed by atoms with Gasteiger partial charge in [-0.25, -0.2) is 4.21 Å². The van der Waals surface area contributed by atoms with E-state index >= 15 is 0 Å². The molecule has 0 aliphatic carbocycles. The summed E-state index contributed by atoms with van der Waals surface area (Å²) in [6.07, 6.45) is 1.85. The van der Waals surface area contributed by atoms with Crippen LogP contribution in [-0.4, -0.2) is 27.0 Å². The molecule has 2 aromatic heterocycles. The van der Waals surface area contributed by atoms with Crippen molar-refractivity contribution in [3.63, 3.8) is 0 Å². The molecule has 2 atom stereocenters. The first-order valence-corrected chi connectivity index (χ1v) is 11.0. The minimum absolute atomic E-state index is 0.0985. The molecule has 0 aliphatic heterocycles. The third kappa shape index (κ3) is 6.39. The number of nitrogens with one attached hydrogen (secondary N) is 1. The zero-order valence-electron chi connectivity index (χ0n) is 14.9. The third-order valence-corrected chi connectivity index (χ3v) is 7.04. The second kappa shape index (κ2) is 9.41. The van der Waals surface area contributed by atoms with Crippen LogP contribution in [0.3, 0.4) is 0 Å². The fourth-order valence-electron chi connectivity index (χ4n) is 2.22. The SMILES string of the molecule is CC(C)C[C@H](N)C(=O)N=S(=O)(NC(=O)Cc1ccccn1)c1cc(Cl)cs1. The highest BCUT2D eigenvalue weighted by atomic mass is 35.5. The van der Waals surface area contributed by atoms with E-state index in [-0.39, 0.29) is 16.5 Å². The smallest absolute Gasteiger partial charge is 0.272 e. The lowest BCUT2D eigenvalue weighted by Gasteiger charge is -2.13. The predicted molar refractivity (Wildman–Crippen MR) is 107 cm³/mol. The molecule has 0 aromatic carbocycles. The maximum Gasteiger partial charge on any atom is 0.272 e. The van der Waals surface area contributed by atoms with Crippen LogP contribution in [0.5, 0.6) is 0 Å². The molecule has 0 saturated heterocycles. The Bertz CT molecular complexity index is 921. The van der Waals surface area contributed by atoms with Gasteiger partial charge in [-0.2, -0.15) is 0 Å². The molecule has 0 radical (unpaired) electrons. The van der Waals surface area contributed by atoms with E-state index in [2.05, 4.69) is 14.1 Å². The second-order valence-electron chi connectivity index (χ2n) is 6.30. The second-order valence-corrected chi connectivity index (χ2v) is 9.78. The van der Waals surface area contributed by atoms with Crippen molar-refractivity contribution in [2.75, 3.05) is 0 Å². The van der Waals surface area contributed by atoms with E-state index in [0.29, 0.717) is 17.1 Å². The summed E-state index contributed by atoms with van der Waals surface area (Å²) in [6.45, 7) is 3.83. The molecule has 2 rings (SSSR count). The van der Waals surface area contributed by atoms with E-state index < -0.39 is 27.8 Å². The van der Waals surface area contributed by atoms with Crippen LogP contribution in [0.25, 0.3) is 0 Å². The first-order chi connectivity index (χ1) is 12.7. The summed E-state index contributed by atoms with van der Waals surface area (Å²) >= 11 is 6.96. The van der Waals surface area contributed by atoms with Gasteiger partial charge >= 0.3 is 0 Å². The Hall–Kier alpha value is -1.81. The number of hydrogen-bond acceptors (Lipinski definition) is 6. The monoisotopic (exact) mass is 428 g/mol. The van der Waals surface area contributed by atoms with Crippen molar-refractivity contribution in [1.82, 2.24) is 9.71 Å². The van der Waals surface area contributed by atoms with E-state index in [4.69, 9.17) is 17.3 Å². The van der Waals surface area contributed by atoms with Crippen molar-refractivity contribution < 1.29 is 13.8 Å². The van der Waals surface area contributed by atoms with Gasteiger partial charge < -0.3 is 5.73 Å². The number of nitrogens with two attached hydrogens (primary N) is 1. The summed E-state index contributed by atoms with van der Waals surface area (Å²) in [7, 11) is -3.54. The summed E-state index contributed by atoms with van der Waals surface area (Å²) < 4.78 is 19.7. The third-order valence-electron chi connectivity index (χ3n) is 3.40. The van der Waals surface area contributed by atoms with Gasteiger partial charge in [0.1, 0.15) is 4.21 Å². The van der Waals surface area contributed by atoms with Gasteiger partial charge in [-0.05, 0) is 30.5 Å². The maximum absolute atomic E-state index is 13.4. The van der Waals surface area contributed by atoms with Crippen LogP contribution in [0.2, 0.25) is 5.02 Å². The van der Waals surface area contributed by atoms with Crippen LogP contribution < -0.4 is 10.5 Å². The zero-order chi connectivity index (χ0) is 20.0. The highest BCUT2D eigenvalue weighted by Crippen LogP contribution is 2.25. The number of aromatic nitrogens is 1. The molecule has 2 aromatic rings. The van der Waals surface area contributed by atoms with Crippen LogP contribution in [0.1, 0.15) is 26.0 Å². The van der Waals surface area contributed by atoms with Gasteiger partial charge in [0.2, 0.25) is 5.91 Å². The highest BCUT2D eigenvalue weighted by molar-refractivity contribution is 7.94. The Morgan fingerprint density at radius 2 is 2.15 bits per heavy atom. The first-order valence-electron chi connectivity index (χ1n) is 8.20. The number of amides is 2. The standard InChI is InChI=1S/C17H21ClN4O3S2/c1-11(2)7-14(19)17(24)22-27(25,16-8-12(18)10-26-16)21-15(23)9-13-5-3-4-6-20-13/h3-6,8,10-11,14H,7,9,19H2,1-2H3,(H,21,22,23,24,25)/t14-,27?/m0/s1. The Labute approximate surface area is 167 Å². The van der Waals surface area contributed by atoms with Crippen molar-refractivity contribution in [1.29, 1.82) is 0 Å². The Balaban J connectivity index is 2.30. The molecule has 1 unspecified atom stereocenters. The van der Waals surface area contributed by atoms with Crippen molar-refractivity contribution >= 4 is 44.7 Å². The summed E-state index contributed by atoms with van der Waals surface area (Å²) in [5, 5.41) is 1.89. The average molecular weight is 429 g/mol. The summed E-state index contributed by atoms with van der Waals surface area (Å²) in [5.41, 5.74) is 6.35. The maximum atomic E-state index is 13.4. The number of hydrogen-bond donors (Lipinski definition) is 2. The molecule has 0 spiro atoms. The zero-order valence-corrected chi connectivity index (χ0v) is 17.3. The van der Waals surface area contributed by atoms with E-state index in [1.165, 1.54) is 6.07 Å². The number of rotatable bonds is 7. The Kier molecular flexibility index (Phi) is 7.49. The minimum atomic E-state index is -3.54. The lowest BCUT2D eigenvalue weighted by atomic mass is 10.0. The van der Waals surface area contributed by atoms with Gasteiger partial charge in [0, 0.05) is 17.3 Å². The summed E-state index contributed by atoms with van der Waals surface area (Å²) in [5.74, 6) is -1.13. The molecule has 7 nitrogen and oxygen atoms in total. The number of halogens is 1. The molecule has 0 aliphatic rings. The molecule has 0 fully saturated rings. The minimum Gasteiger partial charge on any atom is -0.320 e. The summed E-state index contributed by atoms with van der Waals surface area (Å²) in [4.78, 5) is 28.8. The number of pyridine rings is 1. The molecular weight excluding hydrogens is 408 g/mol. The highest BCUT2D eigenvalue weighted by Gasteiger charge is 2.23. The largest absolute Gasteiger partial charge is 0.320 e. The molecule has 0 bridgehead atoms. The topological polar surface area (TPSA) is 115 Å². The van der Waals surface area contributed by atoms with Crippen molar-refractivity contribution in [3.05, 3.63) is 46.6 Å². The number of carbonyl (C=O) groups is 2. The molecule has 3 N–H and O–H groups in total. The molecule has 146 valence electrons. The van der Waals surface area contributed by atoms with Crippen LogP contribution >= 0.6 is 22.9 Å². The van der Waals surface area contributed by atoms with E-state index in [1.807, 2.05) is 13.8 Å². The van der Waals surface area contributed by atoms with Crippen molar-refractivity contribution in [2.24, 2.45) is 16.0 Å². The van der Waals surface area contributed by atoms with Crippen LogP contribution in [0, 0.1) is 5.92 Å². The molecule has 10 heteroatoms. The van der Waals surface area contributed by atoms with Gasteiger partial charge in [-0.3, -0.25) is 19.3 Å². The predicted octanol–water partition coefficient (Wildman–Crippen LogP) is 2.80. The van der Waals surface area contributed by atoms with Gasteiger partial charge in [-0.1, -0.05) is 31.5 Å². The average Bonchev–Trinajstić information content (AvgIpc) is 3.02. The van der Waals surface area contributed by atoms with Gasteiger partial charge in [0.25, 0.3) is 5.91 Å². The molecule has 27 heavy (non-hydrogen) atoms. The van der Waals surface area contributed by atoms with E-state index in [9.17, 15) is 13.8 Å². The van der Waals surface area contributed by atoms with Gasteiger partial charge in [0.15, 0.2) is 9.92 Å². The molecular formula is C17H21ClN4O3S2. The fourth-order valence-corrected chi connectivity index (χ4v) is 5.28. The van der Waals surface area contributed by atoms with Crippen molar-refractivity contribution in [2.45, 2.75) is 36.9 Å². The van der Waals surface area contributed by atoms with E-state index in [0.717, 1.165) is 11.3 Å². The fraction of sp³-hybridized carbons (Fsp3) is 0.353. The quantitative estimate of drug-likeness (QED) is 0.703. The van der Waals surface area contributed by atoms with Crippen LogP contribution in [-0.2, 0) is 25.9 Å². The number of thiophene rings is 1. The van der Waals surface area contributed by atoms with E-state index in [1.54, 1.807) is 29.8 Å². The lowest BCUT2D eigenvalue weighted by Crippen LogP contribution is -2.36. The Morgan fingerprint density at radius 1 is 1.41 bits per heavy atom. The lowest BCUT2D eigenvalue weighted by molar-refractivity contribution is -0.119. The van der Waals surface area contributed by atoms with Gasteiger partial charge in [-0.15, -0.1) is 15.7 Å². The molecule has 2 amide bonds. The van der Waals surface area contributed by atoms with Crippen LogP contribution in [0.4, 0.5) is 0 Å². The molecule has 0 saturated carbocycles. The van der Waals surface area contributed by atoms with Crippen molar-refractivity contribution in [3.8, 4) is 0 Å². The molecule has 2 heterocycles. The Morgan fingerprint density at radius 3 is 2.70 bits per heavy atom. The normalized spacial score (nSPS) is 14.4. The number of nitrogens with zero attached hydrogens (tertiary/aromatic N) is 2. The first kappa shape index (κ1) is 21.5. The van der Waals surface area contributed by atoms with Gasteiger partial charge in [0.05, 0.1) is 17.5 Å². The van der Waals surface area contributed by atoms with Crippen LogP contribution in [0.15, 0.2) is 44.4 Å².